The Labute approximate surface area is 217 Å². The fourth-order valence-electron chi connectivity index (χ4n) is 5.26. The van der Waals surface area contributed by atoms with Gasteiger partial charge in [0.05, 0.1) is 22.1 Å². The summed E-state index contributed by atoms with van der Waals surface area (Å²) in [5.41, 5.74) is -1.55. The lowest BCUT2D eigenvalue weighted by molar-refractivity contribution is -0.147. The van der Waals surface area contributed by atoms with E-state index in [1.165, 1.54) is 4.90 Å². The van der Waals surface area contributed by atoms with Gasteiger partial charge in [0.1, 0.15) is 6.04 Å². The van der Waals surface area contributed by atoms with Gasteiger partial charge in [-0.1, -0.05) is 53.9 Å². The molecule has 3 atom stereocenters. The first-order chi connectivity index (χ1) is 16.3. The zero-order valence-electron chi connectivity index (χ0n) is 23.4. The van der Waals surface area contributed by atoms with Gasteiger partial charge < -0.3 is 25.7 Å². The number of urea groups is 1. The molecule has 1 saturated heterocycles. The van der Waals surface area contributed by atoms with Crippen LogP contribution >= 0.6 is 0 Å². The standard InChI is InChI=1S/C26H49N3O6S/c1-17(2)18-14-19(22(31)32)29(15-18)21(30)20(24(3,4)5)27-23(33)28-26(12-10-9-11-13-26)16-36(34,35)25(6,7)8/h17-20,22,31-32H,9-16H2,1-8H3,(H2,27,28,33)/t18?,19-,20+/m0/s1. The van der Waals surface area contributed by atoms with Crippen molar-refractivity contribution in [3.63, 3.8) is 0 Å². The van der Waals surface area contributed by atoms with Crippen LogP contribution in [0.15, 0.2) is 0 Å². The highest BCUT2D eigenvalue weighted by atomic mass is 32.2. The molecule has 36 heavy (non-hydrogen) atoms. The minimum atomic E-state index is -3.49. The monoisotopic (exact) mass is 531 g/mol. The Morgan fingerprint density at radius 2 is 1.58 bits per heavy atom. The first-order valence-electron chi connectivity index (χ1n) is 13.3. The molecule has 1 unspecified atom stereocenters. The van der Waals surface area contributed by atoms with Crippen LogP contribution in [0.25, 0.3) is 0 Å². The van der Waals surface area contributed by atoms with E-state index < -0.39 is 49.9 Å². The number of aliphatic hydroxyl groups is 2. The maximum Gasteiger partial charge on any atom is 0.315 e. The smallest absolute Gasteiger partial charge is 0.315 e. The number of rotatable bonds is 7. The molecule has 2 rings (SSSR count). The van der Waals surface area contributed by atoms with Crippen molar-refractivity contribution in [1.82, 2.24) is 15.5 Å². The Balaban J connectivity index is 2.27. The van der Waals surface area contributed by atoms with E-state index in [0.29, 0.717) is 25.8 Å². The van der Waals surface area contributed by atoms with Crippen molar-refractivity contribution in [1.29, 1.82) is 0 Å². The molecule has 2 fully saturated rings. The van der Waals surface area contributed by atoms with Crippen LogP contribution in [-0.2, 0) is 14.6 Å². The molecule has 10 heteroatoms. The number of carbonyl (C=O) groups excluding carboxylic acids is 2. The summed E-state index contributed by atoms with van der Waals surface area (Å²) in [4.78, 5) is 28.5. The largest absolute Gasteiger partial charge is 0.366 e. The van der Waals surface area contributed by atoms with Crippen LogP contribution in [0.1, 0.15) is 93.9 Å². The molecule has 3 amide bonds. The summed E-state index contributed by atoms with van der Waals surface area (Å²) >= 11 is 0. The predicted molar refractivity (Wildman–Crippen MR) is 141 cm³/mol. The highest BCUT2D eigenvalue weighted by Gasteiger charge is 2.46. The average molecular weight is 532 g/mol. The highest BCUT2D eigenvalue weighted by molar-refractivity contribution is 7.92. The normalized spacial score (nSPS) is 24.2. The molecule has 1 heterocycles. The summed E-state index contributed by atoms with van der Waals surface area (Å²) in [6.07, 6.45) is 2.57. The number of amides is 3. The van der Waals surface area contributed by atoms with Crippen molar-refractivity contribution in [2.75, 3.05) is 12.3 Å². The van der Waals surface area contributed by atoms with Crippen LogP contribution < -0.4 is 10.6 Å². The van der Waals surface area contributed by atoms with E-state index in [0.717, 1.165) is 19.3 Å². The molecule has 0 spiro atoms. The topological polar surface area (TPSA) is 136 Å². The van der Waals surface area contributed by atoms with Gasteiger partial charge in [0.15, 0.2) is 16.1 Å². The minimum absolute atomic E-state index is 0.128. The van der Waals surface area contributed by atoms with Gasteiger partial charge >= 0.3 is 6.03 Å². The lowest BCUT2D eigenvalue weighted by atomic mass is 9.83. The number of likely N-dealkylation sites (tertiary alicyclic amines) is 1. The third-order valence-electron chi connectivity index (χ3n) is 7.92. The van der Waals surface area contributed by atoms with Gasteiger partial charge in [-0.05, 0) is 57.3 Å². The molecule has 9 nitrogen and oxygen atoms in total. The van der Waals surface area contributed by atoms with Gasteiger partial charge in [0, 0.05) is 6.54 Å². The first-order valence-corrected chi connectivity index (χ1v) is 14.9. The van der Waals surface area contributed by atoms with Crippen LogP contribution in [0.4, 0.5) is 4.79 Å². The van der Waals surface area contributed by atoms with Crippen LogP contribution in [0.2, 0.25) is 0 Å². The van der Waals surface area contributed by atoms with Gasteiger partial charge in [-0.2, -0.15) is 0 Å². The van der Waals surface area contributed by atoms with Gasteiger partial charge in [0.2, 0.25) is 5.91 Å². The van der Waals surface area contributed by atoms with E-state index in [1.54, 1.807) is 20.8 Å². The predicted octanol–water partition coefficient (Wildman–Crippen LogP) is 2.80. The molecule has 0 aromatic carbocycles. The molecule has 0 radical (unpaired) electrons. The zero-order chi connectivity index (χ0) is 27.7. The number of hydrogen-bond donors (Lipinski definition) is 4. The minimum Gasteiger partial charge on any atom is -0.366 e. The van der Waals surface area contributed by atoms with Crippen molar-refractivity contribution in [2.45, 2.75) is 123 Å². The lowest BCUT2D eigenvalue weighted by Crippen LogP contribution is -2.63. The summed E-state index contributed by atoms with van der Waals surface area (Å²) in [6, 6.07) is -2.24. The Kier molecular flexibility index (Phi) is 9.55. The third-order valence-corrected chi connectivity index (χ3v) is 10.7. The summed E-state index contributed by atoms with van der Waals surface area (Å²) in [6.45, 7) is 15.0. The lowest BCUT2D eigenvalue weighted by Gasteiger charge is -2.41. The highest BCUT2D eigenvalue weighted by Crippen LogP contribution is 2.34. The molecule has 0 aromatic heterocycles. The molecule has 0 bridgehead atoms. The van der Waals surface area contributed by atoms with Crippen LogP contribution in [0, 0.1) is 17.3 Å². The van der Waals surface area contributed by atoms with Gasteiger partial charge in [-0.15, -0.1) is 0 Å². The van der Waals surface area contributed by atoms with Crippen LogP contribution in [-0.4, -0.2) is 76.4 Å². The maximum atomic E-state index is 13.7. The molecule has 1 saturated carbocycles. The van der Waals surface area contributed by atoms with Gasteiger partial charge in [-0.25, -0.2) is 13.2 Å². The Morgan fingerprint density at radius 1 is 1.03 bits per heavy atom. The summed E-state index contributed by atoms with van der Waals surface area (Å²) in [5, 5.41) is 25.7. The molecule has 4 N–H and O–H groups in total. The van der Waals surface area contributed by atoms with Gasteiger partial charge in [0.25, 0.3) is 0 Å². The van der Waals surface area contributed by atoms with Crippen molar-refractivity contribution in [2.24, 2.45) is 17.3 Å². The van der Waals surface area contributed by atoms with Crippen molar-refractivity contribution in [3.8, 4) is 0 Å². The van der Waals surface area contributed by atoms with E-state index in [4.69, 9.17) is 0 Å². The third kappa shape index (κ3) is 7.34. The van der Waals surface area contributed by atoms with Crippen molar-refractivity contribution >= 4 is 21.8 Å². The summed E-state index contributed by atoms with van der Waals surface area (Å²) in [5.74, 6) is -0.113. The number of nitrogens with zero attached hydrogens (tertiary/aromatic N) is 1. The second kappa shape index (κ2) is 11.2. The second-order valence-electron chi connectivity index (χ2n) is 13.3. The van der Waals surface area contributed by atoms with Crippen LogP contribution in [0.3, 0.4) is 0 Å². The fraction of sp³-hybridized carbons (Fsp3) is 0.923. The number of aliphatic hydroxyl groups excluding tert-OH is 1. The van der Waals surface area contributed by atoms with Crippen LogP contribution in [0.5, 0.6) is 0 Å². The van der Waals surface area contributed by atoms with E-state index >= 15 is 0 Å². The average Bonchev–Trinajstić information content (AvgIpc) is 3.16. The van der Waals surface area contributed by atoms with Crippen molar-refractivity contribution < 1.29 is 28.2 Å². The molecular weight excluding hydrogens is 482 g/mol. The Bertz CT molecular complexity index is 882. The molecule has 1 aliphatic carbocycles. The van der Waals surface area contributed by atoms with E-state index in [1.807, 2.05) is 34.6 Å². The fourth-order valence-corrected chi connectivity index (χ4v) is 6.78. The van der Waals surface area contributed by atoms with E-state index in [9.17, 15) is 28.2 Å². The Hall–Kier alpha value is -1.39. The number of hydrogen-bond acceptors (Lipinski definition) is 6. The first kappa shape index (κ1) is 30.8. The molecule has 210 valence electrons. The number of nitrogens with one attached hydrogen (secondary N) is 2. The quantitative estimate of drug-likeness (QED) is 0.373. The summed E-state index contributed by atoms with van der Waals surface area (Å²) < 4.78 is 25.2. The summed E-state index contributed by atoms with van der Waals surface area (Å²) in [7, 11) is -3.49. The molecular formula is C26H49N3O6S. The van der Waals surface area contributed by atoms with E-state index in [-0.39, 0.29) is 23.5 Å². The van der Waals surface area contributed by atoms with E-state index in [2.05, 4.69) is 10.6 Å². The second-order valence-corrected chi connectivity index (χ2v) is 16.1. The number of carbonyl (C=O) groups is 2. The maximum absolute atomic E-state index is 13.7. The molecule has 0 aromatic rings. The SMILES string of the molecule is CC(C)C1C[C@@H](C(O)O)N(C(=O)[C@@H](NC(=O)NC2(CS(=O)(=O)C(C)(C)C)CCCCC2)C(C)(C)C)C1. The number of sulfone groups is 1. The molecule has 2 aliphatic rings. The molecule has 1 aliphatic heterocycles. The van der Waals surface area contributed by atoms with Gasteiger partial charge in [-0.3, -0.25) is 4.79 Å². The van der Waals surface area contributed by atoms with Crippen molar-refractivity contribution in [3.05, 3.63) is 0 Å². The Morgan fingerprint density at radius 3 is 2.03 bits per heavy atom. The zero-order valence-corrected chi connectivity index (χ0v) is 24.2.